The van der Waals surface area contributed by atoms with E-state index in [-0.39, 0.29) is 16.6 Å². The molecule has 0 aliphatic carbocycles. The van der Waals surface area contributed by atoms with E-state index in [2.05, 4.69) is 7.05 Å². The third-order valence-corrected chi connectivity index (χ3v) is 3.61. The van der Waals surface area contributed by atoms with E-state index in [0.717, 1.165) is 13.1 Å². The van der Waals surface area contributed by atoms with Crippen LogP contribution in [-0.2, 0) is 0 Å². The Hall–Kier alpha value is -1.66. The van der Waals surface area contributed by atoms with Crippen molar-refractivity contribution in [3.8, 4) is 0 Å². The van der Waals surface area contributed by atoms with E-state index in [0.29, 0.717) is 18.7 Å². The predicted octanol–water partition coefficient (Wildman–Crippen LogP) is 0.219. The van der Waals surface area contributed by atoms with Gasteiger partial charge in [-0.05, 0) is 6.07 Å². The number of amides is 1. The first kappa shape index (κ1) is 13.8. The normalized spacial score (nSPS) is 16.4. The van der Waals surface area contributed by atoms with Gasteiger partial charge in [-0.25, -0.2) is 0 Å². The van der Waals surface area contributed by atoms with Gasteiger partial charge in [0.1, 0.15) is 0 Å². The highest BCUT2D eigenvalue weighted by molar-refractivity contribution is 6.34. The van der Waals surface area contributed by atoms with Crippen molar-refractivity contribution in [3.05, 3.63) is 38.9 Å². The van der Waals surface area contributed by atoms with E-state index in [1.54, 1.807) is 4.90 Å². The van der Waals surface area contributed by atoms with Crippen molar-refractivity contribution in [2.24, 2.45) is 0 Å². The second kappa shape index (κ2) is 5.54. The van der Waals surface area contributed by atoms with Gasteiger partial charge in [-0.2, -0.15) is 0 Å². The summed E-state index contributed by atoms with van der Waals surface area (Å²) in [6.45, 7) is 3.16. The molecular formula is C12H15ClN3O3+. The molecule has 102 valence electrons. The van der Waals surface area contributed by atoms with Crippen LogP contribution in [0.2, 0.25) is 5.02 Å². The second-order valence-corrected chi connectivity index (χ2v) is 5.08. The first-order valence-electron chi connectivity index (χ1n) is 6.03. The van der Waals surface area contributed by atoms with Gasteiger partial charge in [-0.1, -0.05) is 11.6 Å². The van der Waals surface area contributed by atoms with E-state index in [4.69, 9.17) is 11.6 Å². The van der Waals surface area contributed by atoms with Crippen LogP contribution < -0.4 is 4.90 Å². The number of nitro groups is 1. The molecule has 0 radical (unpaired) electrons. The summed E-state index contributed by atoms with van der Waals surface area (Å²) in [6, 6.07) is 3.95. The van der Waals surface area contributed by atoms with E-state index < -0.39 is 4.92 Å². The topological polar surface area (TPSA) is 67.9 Å². The SMILES string of the molecule is C[NH+]1CCN(C(=O)c2ccc([N+](=O)[O-])cc2Cl)CC1. The number of halogens is 1. The zero-order valence-corrected chi connectivity index (χ0v) is 11.3. The molecule has 1 saturated heterocycles. The minimum Gasteiger partial charge on any atom is -0.334 e. The number of nitrogens with zero attached hydrogens (tertiary/aromatic N) is 2. The molecule has 1 fully saturated rings. The predicted molar refractivity (Wildman–Crippen MR) is 70.6 cm³/mol. The van der Waals surface area contributed by atoms with Crippen molar-refractivity contribution in [2.75, 3.05) is 33.2 Å². The molecule has 7 heteroatoms. The molecule has 1 amide bonds. The number of carbonyl (C=O) groups excluding carboxylic acids is 1. The number of nitrogens with one attached hydrogen (secondary N) is 1. The first-order chi connectivity index (χ1) is 8.99. The maximum absolute atomic E-state index is 12.3. The smallest absolute Gasteiger partial charge is 0.270 e. The summed E-state index contributed by atoms with van der Waals surface area (Å²) in [5.41, 5.74) is 0.219. The average molecular weight is 285 g/mol. The largest absolute Gasteiger partial charge is 0.334 e. The van der Waals surface area contributed by atoms with Gasteiger partial charge in [0.25, 0.3) is 11.6 Å². The van der Waals surface area contributed by atoms with E-state index in [9.17, 15) is 14.9 Å². The quantitative estimate of drug-likeness (QED) is 0.624. The molecule has 0 atom stereocenters. The highest BCUT2D eigenvalue weighted by Crippen LogP contribution is 2.23. The minimum atomic E-state index is -0.528. The molecule has 19 heavy (non-hydrogen) atoms. The van der Waals surface area contributed by atoms with E-state index in [1.165, 1.54) is 23.1 Å². The Kier molecular flexibility index (Phi) is 4.01. The molecule has 1 aliphatic heterocycles. The third kappa shape index (κ3) is 3.02. The van der Waals surface area contributed by atoms with Crippen LogP contribution >= 0.6 is 11.6 Å². The van der Waals surface area contributed by atoms with Crippen LogP contribution in [0.25, 0.3) is 0 Å². The number of nitro benzene ring substituents is 1. The van der Waals surface area contributed by atoms with Crippen molar-refractivity contribution in [1.29, 1.82) is 0 Å². The second-order valence-electron chi connectivity index (χ2n) is 4.67. The summed E-state index contributed by atoms with van der Waals surface area (Å²) in [6.07, 6.45) is 0. The molecule has 0 aromatic heterocycles. The van der Waals surface area contributed by atoms with E-state index in [1.807, 2.05) is 0 Å². The van der Waals surface area contributed by atoms with Gasteiger partial charge in [0, 0.05) is 12.1 Å². The summed E-state index contributed by atoms with van der Waals surface area (Å²) in [5, 5.41) is 10.8. The molecule has 6 nitrogen and oxygen atoms in total. The molecule has 1 aromatic carbocycles. The standard InChI is InChI=1S/C12H14ClN3O3/c1-14-4-6-15(7-5-14)12(17)10-3-2-9(16(18)19)8-11(10)13/h2-3,8H,4-7H2,1H3/p+1. The number of quaternary nitrogens is 1. The molecule has 0 bridgehead atoms. The number of piperazine rings is 1. The fourth-order valence-corrected chi connectivity index (χ4v) is 2.31. The molecule has 1 N–H and O–H groups in total. The van der Waals surface area contributed by atoms with Crippen molar-refractivity contribution in [1.82, 2.24) is 4.90 Å². The molecule has 0 spiro atoms. The minimum absolute atomic E-state index is 0.107. The maximum atomic E-state index is 12.3. The molecule has 2 rings (SSSR count). The lowest BCUT2D eigenvalue weighted by Crippen LogP contribution is -3.12. The Morgan fingerprint density at radius 1 is 1.42 bits per heavy atom. The van der Waals surface area contributed by atoms with Crippen LogP contribution in [0.3, 0.4) is 0 Å². The molecular weight excluding hydrogens is 270 g/mol. The van der Waals surface area contributed by atoms with Gasteiger partial charge >= 0.3 is 0 Å². The summed E-state index contributed by atoms with van der Waals surface area (Å²) >= 11 is 5.96. The lowest BCUT2D eigenvalue weighted by atomic mass is 10.1. The lowest BCUT2D eigenvalue weighted by molar-refractivity contribution is -0.883. The van der Waals surface area contributed by atoms with Crippen molar-refractivity contribution in [3.63, 3.8) is 0 Å². The first-order valence-corrected chi connectivity index (χ1v) is 6.41. The number of hydrogen-bond acceptors (Lipinski definition) is 3. The van der Waals surface area contributed by atoms with Crippen LogP contribution in [-0.4, -0.2) is 49.0 Å². The summed E-state index contributed by atoms with van der Waals surface area (Å²) in [5.74, 6) is -0.160. The van der Waals surface area contributed by atoms with Gasteiger partial charge < -0.3 is 9.80 Å². The molecule has 0 unspecified atom stereocenters. The highest BCUT2D eigenvalue weighted by Gasteiger charge is 2.24. The van der Waals surface area contributed by atoms with Crippen LogP contribution in [0.15, 0.2) is 18.2 Å². The van der Waals surface area contributed by atoms with Crippen LogP contribution in [0.4, 0.5) is 5.69 Å². The molecule has 1 aliphatic rings. The van der Waals surface area contributed by atoms with Gasteiger partial charge in [0.2, 0.25) is 0 Å². The van der Waals surface area contributed by atoms with Gasteiger partial charge in [-0.15, -0.1) is 0 Å². The number of benzene rings is 1. The third-order valence-electron chi connectivity index (χ3n) is 3.30. The van der Waals surface area contributed by atoms with Crippen LogP contribution in [0, 0.1) is 10.1 Å². The van der Waals surface area contributed by atoms with Crippen molar-refractivity contribution < 1.29 is 14.6 Å². The number of non-ortho nitro benzene ring substituents is 1. The Morgan fingerprint density at radius 2 is 2.05 bits per heavy atom. The van der Waals surface area contributed by atoms with Crippen LogP contribution in [0.5, 0.6) is 0 Å². The summed E-state index contributed by atoms with van der Waals surface area (Å²) in [7, 11) is 2.08. The Bertz CT molecular complexity index is 513. The Morgan fingerprint density at radius 3 is 2.58 bits per heavy atom. The fraction of sp³-hybridized carbons (Fsp3) is 0.417. The van der Waals surface area contributed by atoms with Gasteiger partial charge in [-0.3, -0.25) is 14.9 Å². The zero-order valence-electron chi connectivity index (χ0n) is 10.6. The van der Waals surface area contributed by atoms with Gasteiger partial charge in [0.05, 0.1) is 48.7 Å². The number of hydrogen-bond donors (Lipinski definition) is 1. The molecule has 1 heterocycles. The number of rotatable bonds is 2. The Balaban J connectivity index is 2.17. The summed E-state index contributed by atoms with van der Waals surface area (Å²) < 4.78 is 0. The fourth-order valence-electron chi connectivity index (χ4n) is 2.05. The average Bonchev–Trinajstić information content (AvgIpc) is 2.38. The summed E-state index contributed by atoms with van der Waals surface area (Å²) in [4.78, 5) is 25.5. The number of likely N-dealkylation sites (N-methyl/N-ethyl adjacent to an activating group) is 1. The molecule has 0 saturated carbocycles. The van der Waals surface area contributed by atoms with E-state index >= 15 is 0 Å². The van der Waals surface area contributed by atoms with Crippen molar-refractivity contribution in [2.45, 2.75) is 0 Å². The van der Waals surface area contributed by atoms with Crippen LogP contribution in [0.1, 0.15) is 10.4 Å². The van der Waals surface area contributed by atoms with Gasteiger partial charge in [0.15, 0.2) is 0 Å². The lowest BCUT2D eigenvalue weighted by Gasteiger charge is -2.30. The highest BCUT2D eigenvalue weighted by atomic mass is 35.5. The zero-order chi connectivity index (χ0) is 14.0. The molecule has 1 aromatic rings. The number of carbonyl (C=O) groups is 1. The maximum Gasteiger partial charge on any atom is 0.270 e. The Labute approximate surface area is 115 Å². The van der Waals surface area contributed by atoms with Crippen molar-refractivity contribution >= 4 is 23.2 Å². The monoisotopic (exact) mass is 284 g/mol.